The molecule has 1 atom stereocenters. The van der Waals surface area contributed by atoms with Crippen molar-refractivity contribution in [2.45, 2.75) is 19.4 Å². The first-order valence-electron chi connectivity index (χ1n) is 10.2. The molecule has 1 aliphatic rings. The van der Waals surface area contributed by atoms with Crippen LogP contribution in [-0.4, -0.2) is 85.0 Å². The molecule has 0 radical (unpaired) electrons. The number of amides is 1. The number of benzene rings is 1. The quantitative estimate of drug-likeness (QED) is 0.412. The molecule has 0 spiro atoms. The minimum Gasteiger partial charge on any atom is -0.383 e. The van der Waals surface area contributed by atoms with Gasteiger partial charge in [0.2, 0.25) is 5.96 Å². The number of aromatic nitrogens is 1. The molecule has 5 N–H and O–H groups in total. The molecule has 1 unspecified atom stereocenters. The zero-order valence-corrected chi connectivity index (χ0v) is 17.6. The first kappa shape index (κ1) is 21.8. The summed E-state index contributed by atoms with van der Waals surface area (Å²) in [6.45, 7) is 6.51. The number of H-pyrrole nitrogens is 1. The van der Waals surface area contributed by atoms with Crippen molar-refractivity contribution in [2.24, 2.45) is 10.7 Å². The molecular weight excluding hydrogens is 382 g/mol. The molecule has 1 aromatic carbocycles. The normalized spacial score (nSPS) is 16.6. The van der Waals surface area contributed by atoms with E-state index in [0.29, 0.717) is 26.1 Å². The van der Waals surface area contributed by atoms with Crippen LogP contribution in [0.4, 0.5) is 0 Å². The Morgan fingerprint density at radius 3 is 2.80 bits per heavy atom. The number of para-hydroxylation sites is 1. The number of hydrogen-bond donors (Lipinski definition) is 4. The molecule has 0 bridgehead atoms. The van der Waals surface area contributed by atoms with Crippen LogP contribution < -0.4 is 11.1 Å². The maximum absolute atomic E-state index is 12.4. The number of aliphatic imine (C=N–C) groups is 1. The Morgan fingerprint density at radius 1 is 1.33 bits per heavy atom. The van der Waals surface area contributed by atoms with Crippen molar-refractivity contribution < 1.29 is 9.53 Å². The highest BCUT2D eigenvalue weighted by Crippen LogP contribution is 2.18. The minimum absolute atomic E-state index is 0.0262. The maximum atomic E-state index is 12.4. The molecule has 1 fully saturated rings. The number of fused-ring (bicyclic) bond motifs is 1. The average Bonchev–Trinajstić information content (AvgIpc) is 3.15. The highest BCUT2D eigenvalue weighted by atomic mass is 16.5. The Kier molecular flexibility index (Phi) is 7.42. The van der Waals surface area contributed by atoms with E-state index in [4.69, 9.17) is 15.9 Å². The Balaban J connectivity index is 1.49. The smallest absolute Gasteiger partial charge is 0.286 e. The lowest BCUT2D eigenvalue weighted by molar-refractivity contribution is -0.115. The van der Waals surface area contributed by atoms with Gasteiger partial charge in [0, 0.05) is 63.0 Å². The number of nitrogens with two attached hydrogens (primary N) is 1. The summed E-state index contributed by atoms with van der Waals surface area (Å²) < 4.78 is 5.10. The van der Waals surface area contributed by atoms with Gasteiger partial charge in [0.05, 0.1) is 6.61 Å². The van der Waals surface area contributed by atoms with Crippen molar-refractivity contribution in [3.63, 3.8) is 0 Å². The van der Waals surface area contributed by atoms with Crippen LogP contribution in [0.15, 0.2) is 35.5 Å². The third kappa shape index (κ3) is 5.58. The van der Waals surface area contributed by atoms with Crippen LogP contribution >= 0.6 is 0 Å². The Hall–Kier alpha value is -2.91. The number of carbonyl (C=O) groups excluding carboxylic acids is 1. The average molecular weight is 414 g/mol. The zero-order chi connectivity index (χ0) is 21.5. The molecule has 1 aliphatic heterocycles. The van der Waals surface area contributed by atoms with E-state index >= 15 is 0 Å². The zero-order valence-electron chi connectivity index (χ0n) is 17.6. The molecule has 0 saturated carbocycles. The standard InChI is InChI=1S/C21H31N7O2/c1-15(13-16-14-24-18-6-4-3-5-17(16)18)25-20(29)19(22)26-21(23)28-9-7-27(8-10-28)11-12-30-2/h3-6,14-15,24H,7-13H2,1-2H3,(H,25,29)(H3,22,23,26). The topological polar surface area (TPSA) is 123 Å². The first-order valence-corrected chi connectivity index (χ1v) is 10.2. The summed E-state index contributed by atoms with van der Waals surface area (Å²) >= 11 is 0. The first-order chi connectivity index (χ1) is 14.5. The fourth-order valence-electron chi connectivity index (χ4n) is 3.62. The monoisotopic (exact) mass is 413 g/mol. The number of hydrogen-bond acceptors (Lipinski definition) is 4. The van der Waals surface area contributed by atoms with Gasteiger partial charge in [-0.25, -0.2) is 0 Å². The Bertz CT molecular complexity index is 900. The molecule has 30 heavy (non-hydrogen) atoms. The number of ether oxygens (including phenoxy) is 1. The van der Waals surface area contributed by atoms with Crippen molar-refractivity contribution >= 4 is 28.6 Å². The van der Waals surface area contributed by atoms with Gasteiger partial charge in [-0.3, -0.25) is 15.1 Å². The Morgan fingerprint density at radius 2 is 2.07 bits per heavy atom. The molecule has 1 aromatic heterocycles. The molecule has 2 aromatic rings. The maximum Gasteiger partial charge on any atom is 0.286 e. The van der Waals surface area contributed by atoms with E-state index in [1.165, 1.54) is 0 Å². The van der Waals surface area contributed by atoms with Crippen LogP contribution in [0.1, 0.15) is 12.5 Å². The van der Waals surface area contributed by atoms with Crippen molar-refractivity contribution in [3.8, 4) is 0 Å². The number of carbonyl (C=O) groups is 1. The SMILES string of the molecule is COCCN1CCN(C(=N)N=C(N)C(=O)NC(C)Cc2c[nH]c3ccccc23)CC1. The number of piperazine rings is 1. The van der Waals surface area contributed by atoms with E-state index in [2.05, 4.69) is 26.3 Å². The van der Waals surface area contributed by atoms with E-state index < -0.39 is 5.91 Å². The molecule has 9 nitrogen and oxygen atoms in total. The van der Waals surface area contributed by atoms with Crippen LogP contribution in [0.5, 0.6) is 0 Å². The van der Waals surface area contributed by atoms with Crippen molar-refractivity contribution in [2.75, 3.05) is 46.4 Å². The number of aromatic amines is 1. The molecule has 2 heterocycles. The summed E-state index contributed by atoms with van der Waals surface area (Å²) in [4.78, 5) is 23.8. The summed E-state index contributed by atoms with van der Waals surface area (Å²) in [6.07, 6.45) is 2.64. The largest absolute Gasteiger partial charge is 0.383 e. The molecule has 0 aliphatic carbocycles. The van der Waals surface area contributed by atoms with E-state index in [9.17, 15) is 4.79 Å². The third-order valence-corrected chi connectivity index (χ3v) is 5.32. The number of nitrogens with zero attached hydrogens (tertiary/aromatic N) is 3. The van der Waals surface area contributed by atoms with Crippen LogP contribution in [0, 0.1) is 5.41 Å². The predicted octanol–water partition coefficient (Wildman–Crippen LogP) is 0.771. The third-order valence-electron chi connectivity index (χ3n) is 5.32. The van der Waals surface area contributed by atoms with Gasteiger partial charge in [0.1, 0.15) is 0 Å². The van der Waals surface area contributed by atoms with E-state index in [-0.39, 0.29) is 17.8 Å². The second-order valence-electron chi connectivity index (χ2n) is 7.58. The lowest BCUT2D eigenvalue weighted by Crippen LogP contribution is -2.49. The minimum atomic E-state index is -0.453. The summed E-state index contributed by atoms with van der Waals surface area (Å²) in [7, 11) is 1.69. The van der Waals surface area contributed by atoms with Gasteiger partial charge in [-0.1, -0.05) is 18.2 Å². The van der Waals surface area contributed by atoms with Gasteiger partial charge >= 0.3 is 0 Å². The summed E-state index contributed by atoms with van der Waals surface area (Å²) in [5.74, 6) is -0.614. The summed E-state index contributed by atoms with van der Waals surface area (Å²) in [5, 5.41) is 12.2. The highest BCUT2D eigenvalue weighted by Gasteiger charge is 2.20. The van der Waals surface area contributed by atoms with E-state index in [0.717, 1.165) is 36.1 Å². The van der Waals surface area contributed by atoms with Crippen LogP contribution in [0.25, 0.3) is 10.9 Å². The van der Waals surface area contributed by atoms with E-state index in [1.807, 2.05) is 36.2 Å². The summed E-state index contributed by atoms with van der Waals surface area (Å²) in [6, 6.07) is 7.94. The number of rotatable bonds is 6. The molecular formula is C21H31N7O2. The lowest BCUT2D eigenvalue weighted by atomic mass is 10.1. The highest BCUT2D eigenvalue weighted by molar-refractivity contribution is 6.38. The van der Waals surface area contributed by atoms with E-state index in [1.54, 1.807) is 7.11 Å². The van der Waals surface area contributed by atoms with Crippen LogP contribution in [0.2, 0.25) is 0 Å². The number of nitrogens with one attached hydrogen (secondary N) is 3. The number of guanidine groups is 1. The number of methoxy groups -OCH3 is 1. The predicted molar refractivity (Wildman–Crippen MR) is 119 cm³/mol. The molecule has 1 amide bonds. The molecule has 162 valence electrons. The molecule has 3 rings (SSSR count). The molecule has 9 heteroatoms. The number of amidine groups is 1. The van der Waals surface area contributed by atoms with Crippen LogP contribution in [-0.2, 0) is 16.0 Å². The fourth-order valence-corrected chi connectivity index (χ4v) is 3.62. The van der Waals surface area contributed by atoms with Gasteiger partial charge in [0.15, 0.2) is 5.84 Å². The summed E-state index contributed by atoms with van der Waals surface area (Å²) in [5.41, 5.74) is 8.07. The van der Waals surface area contributed by atoms with Gasteiger partial charge in [0.25, 0.3) is 5.91 Å². The van der Waals surface area contributed by atoms with Gasteiger partial charge in [-0.2, -0.15) is 4.99 Å². The van der Waals surface area contributed by atoms with Crippen molar-refractivity contribution in [1.29, 1.82) is 5.41 Å². The van der Waals surface area contributed by atoms with Crippen molar-refractivity contribution in [3.05, 3.63) is 36.0 Å². The second-order valence-corrected chi connectivity index (χ2v) is 7.58. The van der Waals surface area contributed by atoms with Crippen molar-refractivity contribution in [1.82, 2.24) is 20.1 Å². The van der Waals surface area contributed by atoms with Crippen LogP contribution in [0.3, 0.4) is 0 Å². The second kappa shape index (κ2) is 10.2. The lowest BCUT2D eigenvalue weighted by Gasteiger charge is -2.34. The van der Waals surface area contributed by atoms with Gasteiger partial charge in [-0.05, 0) is 25.0 Å². The van der Waals surface area contributed by atoms with Gasteiger partial charge in [-0.15, -0.1) is 0 Å². The fraction of sp³-hybridized carbons (Fsp3) is 0.476. The van der Waals surface area contributed by atoms with Gasteiger partial charge < -0.3 is 25.7 Å². The molecule has 1 saturated heterocycles. The Labute approximate surface area is 176 Å².